The van der Waals surface area contributed by atoms with Gasteiger partial charge in [-0.25, -0.2) is 4.79 Å². The van der Waals surface area contributed by atoms with Crippen molar-refractivity contribution in [2.24, 2.45) is 0 Å². The van der Waals surface area contributed by atoms with E-state index in [0.717, 1.165) is 27.8 Å². The van der Waals surface area contributed by atoms with E-state index in [9.17, 15) is 4.79 Å². The van der Waals surface area contributed by atoms with Crippen LogP contribution in [0.15, 0.2) is 66.7 Å². The molecule has 3 rings (SSSR count). The summed E-state index contributed by atoms with van der Waals surface area (Å²) in [4.78, 5) is 12.6. The molecular weight excluding hydrogens is 314 g/mol. The molecule has 0 saturated heterocycles. The number of benzene rings is 3. The average Bonchev–Trinajstić information content (AvgIpc) is 2.66. The summed E-state index contributed by atoms with van der Waals surface area (Å²) in [7, 11) is 1.62. The van der Waals surface area contributed by atoms with Crippen LogP contribution in [0.25, 0.3) is 10.8 Å². The molecular formula is C21H21NO3. The van der Waals surface area contributed by atoms with E-state index in [1.54, 1.807) is 7.11 Å². The van der Waals surface area contributed by atoms with Gasteiger partial charge >= 0.3 is 5.97 Å². The van der Waals surface area contributed by atoms with Gasteiger partial charge in [-0.1, -0.05) is 42.5 Å². The van der Waals surface area contributed by atoms with E-state index in [0.29, 0.717) is 6.61 Å². The number of carbonyl (C=O) groups is 1. The largest absolute Gasteiger partial charge is 0.497 e. The zero-order valence-electron chi connectivity index (χ0n) is 14.4. The first-order chi connectivity index (χ1) is 12.2. The van der Waals surface area contributed by atoms with Gasteiger partial charge in [0.25, 0.3) is 0 Å². The third-order valence-corrected chi connectivity index (χ3v) is 4.06. The van der Waals surface area contributed by atoms with Crippen molar-refractivity contribution < 1.29 is 14.3 Å². The van der Waals surface area contributed by atoms with Crippen molar-refractivity contribution in [2.75, 3.05) is 19.0 Å². The standard InChI is InChI=1S/C21H21NO3/c1-3-25-21(23)20(22-16-11-13-17(24-2)14-12-16)19-10-6-8-15-7-4-5-9-18(15)19/h4-14,20,22H,3H2,1-2H3. The summed E-state index contributed by atoms with van der Waals surface area (Å²) in [5.74, 6) is 0.470. The van der Waals surface area contributed by atoms with Crippen LogP contribution in [-0.4, -0.2) is 19.7 Å². The van der Waals surface area contributed by atoms with Gasteiger partial charge in [-0.05, 0) is 47.5 Å². The van der Waals surface area contributed by atoms with Gasteiger partial charge in [-0.2, -0.15) is 0 Å². The van der Waals surface area contributed by atoms with Gasteiger partial charge in [0, 0.05) is 5.69 Å². The molecule has 0 aliphatic carbocycles. The number of methoxy groups -OCH3 is 1. The summed E-state index contributed by atoms with van der Waals surface area (Å²) < 4.78 is 10.5. The fraction of sp³-hybridized carbons (Fsp3) is 0.190. The van der Waals surface area contributed by atoms with Crippen LogP contribution in [0.3, 0.4) is 0 Å². The summed E-state index contributed by atoms with van der Waals surface area (Å²) in [5.41, 5.74) is 1.72. The number of ether oxygens (including phenoxy) is 2. The molecule has 0 bridgehead atoms. The van der Waals surface area contributed by atoms with Crippen LogP contribution in [0.5, 0.6) is 5.75 Å². The Morgan fingerprint density at radius 3 is 2.44 bits per heavy atom. The Morgan fingerprint density at radius 1 is 1.00 bits per heavy atom. The molecule has 25 heavy (non-hydrogen) atoms. The van der Waals surface area contributed by atoms with Crippen LogP contribution in [-0.2, 0) is 9.53 Å². The molecule has 128 valence electrons. The maximum Gasteiger partial charge on any atom is 0.333 e. The molecule has 0 aliphatic heterocycles. The Balaban J connectivity index is 2.00. The van der Waals surface area contributed by atoms with Gasteiger partial charge in [0.2, 0.25) is 0 Å². The highest BCUT2D eigenvalue weighted by Crippen LogP contribution is 2.28. The van der Waals surface area contributed by atoms with Crippen molar-refractivity contribution in [3.05, 3.63) is 72.3 Å². The normalized spacial score (nSPS) is 11.8. The van der Waals surface area contributed by atoms with E-state index in [1.165, 1.54) is 0 Å². The lowest BCUT2D eigenvalue weighted by molar-refractivity contribution is -0.144. The highest BCUT2D eigenvalue weighted by atomic mass is 16.5. The molecule has 0 fully saturated rings. The Hall–Kier alpha value is -3.01. The lowest BCUT2D eigenvalue weighted by atomic mass is 9.98. The predicted octanol–water partition coefficient (Wildman–Crippen LogP) is 4.56. The first-order valence-corrected chi connectivity index (χ1v) is 8.28. The smallest absolute Gasteiger partial charge is 0.333 e. The van der Waals surface area contributed by atoms with Gasteiger partial charge in [0.05, 0.1) is 13.7 Å². The zero-order chi connectivity index (χ0) is 17.6. The molecule has 0 spiro atoms. The predicted molar refractivity (Wildman–Crippen MR) is 99.9 cm³/mol. The van der Waals surface area contributed by atoms with E-state index in [4.69, 9.17) is 9.47 Å². The maximum absolute atomic E-state index is 12.6. The van der Waals surface area contributed by atoms with Gasteiger partial charge in [-0.15, -0.1) is 0 Å². The molecule has 0 saturated carbocycles. The van der Waals surface area contributed by atoms with Crippen LogP contribution < -0.4 is 10.1 Å². The molecule has 1 N–H and O–H groups in total. The number of anilines is 1. The fourth-order valence-corrected chi connectivity index (χ4v) is 2.85. The number of hydrogen-bond acceptors (Lipinski definition) is 4. The topological polar surface area (TPSA) is 47.6 Å². The number of hydrogen-bond donors (Lipinski definition) is 1. The average molecular weight is 335 g/mol. The summed E-state index contributed by atoms with van der Waals surface area (Å²) in [6, 6.07) is 20.9. The van der Waals surface area contributed by atoms with E-state index >= 15 is 0 Å². The van der Waals surface area contributed by atoms with Crippen molar-refractivity contribution >= 4 is 22.4 Å². The highest BCUT2D eigenvalue weighted by molar-refractivity contribution is 5.92. The van der Waals surface area contributed by atoms with Gasteiger partial charge in [-0.3, -0.25) is 0 Å². The zero-order valence-corrected chi connectivity index (χ0v) is 14.4. The van der Waals surface area contributed by atoms with E-state index in [1.807, 2.05) is 73.7 Å². The molecule has 0 aliphatic rings. The second-order valence-electron chi connectivity index (χ2n) is 5.63. The second-order valence-corrected chi connectivity index (χ2v) is 5.63. The molecule has 1 unspecified atom stereocenters. The Bertz CT molecular complexity index is 853. The molecule has 3 aromatic carbocycles. The van der Waals surface area contributed by atoms with Crippen LogP contribution in [0, 0.1) is 0 Å². The maximum atomic E-state index is 12.6. The van der Waals surface area contributed by atoms with Crippen LogP contribution >= 0.6 is 0 Å². The summed E-state index contributed by atoms with van der Waals surface area (Å²) in [5, 5.41) is 5.41. The number of carbonyl (C=O) groups excluding carboxylic acids is 1. The monoisotopic (exact) mass is 335 g/mol. The van der Waals surface area contributed by atoms with E-state index in [2.05, 4.69) is 5.32 Å². The summed E-state index contributed by atoms with van der Waals surface area (Å²) in [6.07, 6.45) is 0. The molecule has 0 amide bonds. The second kappa shape index (κ2) is 7.71. The number of fused-ring (bicyclic) bond motifs is 1. The molecule has 1 atom stereocenters. The minimum absolute atomic E-state index is 0.297. The molecule has 4 heteroatoms. The van der Waals surface area contributed by atoms with Crippen LogP contribution in [0.1, 0.15) is 18.5 Å². The quantitative estimate of drug-likeness (QED) is 0.671. The molecule has 0 radical (unpaired) electrons. The van der Waals surface area contributed by atoms with E-state index in [-0.39, 0.29) is 5.97 Å². The Morgan fingerprint density at radius 2 is 1.72 bits per heavy atom. The van der Waals surface area contributed by atoms with Gasteiger partial charge in [0.15, 0.2) is 6.04 Å². The number of esters is 1. The van der Waals surface area contributed by atoms with Crippen molar-refractivity contribution in [1.82, 2.24) is 0 Å². The van der Waals surface area contributed by atoms with E-state index < -0.39 is 6.04 Å². The van der Waals surface area contributed by atoms with Gasteiger partial charge < -0.3 is 14.8 Å². The van der Waals surface area contributed by atoms with Crippen LogP contribution in [0.4, 0.5) is 5.69 Å². The van der Waals surface area contributed by atoms with Gasteiger partial charge in [0.1, 0.15) is 5.75 Å². The molecule has 3 aromatic rings. The van der Waals surface area contributed by atoms with Crippen molar-refractivity contribution in [2.45, 2.75) is 13.0 Å². The fourth-order valence-electron chi connectivity index (χ4n) is 2.85. The van der Waals surface area contributed by atoms with Crippen molar-refractivity contribution in [3.8, 4) is 5.75 Å². The highest BCUT2D eigenvalue weighted by Gasteiger charge is 2.23. The Labute approximate surface area is 147 Å². The molecule has 0 heterocycles. The lowest BCUT2D eigenvalue weighted by Gasteiger charge is -2.20. The first-order valence-electron chi connectivity index (χ1n) is 8.28. The summed E-state index contributed by atoms with van der Waals surface area (Å²) >= 11 is 0. The number of rotatable bonds is 6. The third-order valence-electron chi connectivity index (χ3n) is 4.06. The lowest BCUT2D eigenvalue weighted by Crippen LogP contribution is -2.23. The molecule has 0 aromatic heterocycles. The minimum atomic E-state index is -0.584. The van der Waals surface area contributed by atoms with Crippen molar-refractivity contribution in [1.29, 1.82) is 0 Å². The van der Waals surface area contributed by atoms with Crippen molar-refractivity contribution in [3.63, 3.8) is 0 Å². The number of nitrogens with one attached hydrogen (secondary N) is 1. The SMILES string of the molecule is CCOC(=O)C(Nc1ccc(OC)cc1)c1cccc2ccccc12. The van der Waals surface area contributed by atoms with Crippen LogP contribution in [0.2, 0.25) is 0 Å². The first kappa shape index (κ1) is 16.8. The summed E-state index contributed by atoms with van der Waals surface area (Å²) in [6.45, 7) is 2.15. The minimum Gasteiger partial charge on any atom is -0.497 e. The molecule has 4 nitrogen and oxygen atoms in total. The Kier molecular flexibility index (Phi) is 5.19. The third kappa shape index (κ3) is 3.74.